The molecule has 0 radical (unpaired) electrons. The van der Waals surface area contributed by atoms with Crippen LogP contribution >= 0.6 is 27.7 Å². The number of carbonyl (C=O) groups is 3. The summed E-state index contributed by atoms with van der Waals surface area (Å²) < 4.78 is -0.852. The molecular formula is C38H49BrN4O4S. The van der Waals surface area contributed by atoms with Gasteiger partial charge in [-0.15, -0.1) is 24.9 Å². The Hall–Kier alpha value is -3.08. The maximum Gasteiger partial charge on any atom is 0.251 e. The molecule has 2 aromatic carbocycles. The van der Waals surface area contributed by atoms with Crippen molar-refractivity contribution < 1.29 is 19.5 Å². The van der Waals surface area contributed by atoms with Gasteiger partial charge in [-0.25, -0.2) is 0 Å². The molecule has 0 saturated carbocycles. The molecule has 2 bridgehead atoms. The molecule has 258 valence electrons. The largest absolute Gasteiger partial charge is 0.394 e. The lowest BCUT2D eigenvalue weighted by molar-refractivity contribution is -0.142. The van der Waals surface area contributed by atoms with E-state index in [2.05, 4.69) is 61.7 Å². The third kappa shape index (κ3) is 6.36. The second-order valence-corrected chi connectivity index (χ2v) is 16.1. The van der Waals surface area contributed by atoms with Crippen LogP contribution in [0.5, 0.6) is 0 Å². The van der Waals surface area contributed by atoms with Crippen LogP contribution < -0.4 is 14.7 Å². The first kappa shape index (κ1) is 36.2. The number of alkyl halides is 1. The predicted molar refractivity (Wildman–Crippen MR) is 201 cm³/mol. The molecule has 3 saturated heterocycles. The van der Waals surface area contributed by atoms with E-state index in [4.69, 9.17) is 0 Å². The average Bonchev–Trinajstić information content (AvgIpc) is 3.68. The number of likely N-dealkylation sites (tertiary alicyclic amines) is 1. The van der Waals surface area contributed by atoms with Crippen LogP contribution in [0.1, 0.15) is 40.5 Å². The summed E-state index contributed by atoms with van der Waals surface area (Å²) in [5.74, 6) is -1.77. The Balaban J connectivity index is 1.61. The van der Waals surface area contributed by atoms with Gasteiger partial charge >= 0.3 is 0 Å². The summed E-state index contributed by atoms with van der Waals surface area (Å²) in [5.41, 5.74) is 2.53. The number of carbonyl (C=O) groups excluding carboxylic acids is 3. The van der Waals surface area contributed by atoms with Crippen molar-refractivity contribution in [1.29, 1.82) is 0 Å². The molecule has 7 atom stereocenters. The molecule has 3 unspecified atom stereocenters. The number of halogens is 1. The van der Waals surface area contributed by atoms with Gasteiger partial charge in [0.25, 0.3) is 5.91 Å². The molecule has 3 aliphatic rings. The number of aliphatic hydroxyl groups is 1. The molecule has 1 spiro atoms. The summed E-state index contributed by atoms with van der Waals surface area (Å²) in [4.78, 5) is 52.0. The Bertz CT molecular complexity index is 1490. The van der Waals surface area contributed by atoms with E-state index >= 15 is 4.79 Å². The predicted octanol–water partition coefficient (Wildman–Crippen LogP) is 6.14. The highest BCUT2D eigenvalue weighted by molar-refractivity contribution is 9.09. The van der Waals surface area contributed by atoms with Gasteiger partial charge in [0.05, 0.1) is 29.2 Å². The van der Waals surface area contributed by atoms with Gasteiger partial charge in [-0.05, 0) is 69.0 Å². The number of thioether (sulfide) groups is 1. The maximum atomic E-state index is 15.2. The van der Waals surface area contributed by atoms with Gasteiger partial charge in [0.1, 0.15) is 6.04 Å². The Kier molecular flexibility index (Phi) is 11.5. The minimum atomic E-state index is -0.870. The first-order valence-corrected chi connectivity index (χ1v) is 18.9. The number of fused-ring (bicyclic) bond motifs is 1. The number of rotatable bonds is 15. The first-order valence-electron chi connectivity index (χ1n) is 17.1. The summed E-state index contributed by atoms with van der Waals surface area (Å²) >= 11 is 5.52. The van der Waals surface area contributed by atoms with Gasteiger partial charge in [-0.3, -0.25) is 14.4 Å². The summed E-state index contributed by atoms with van der Waals surface area (Å²) in [6, 6.07) is 16.0. The second kappa shape index (κ2) is 15.2. The van der Waals surface area contributed by atoms with Crippen LogP contribution in [-0.4, -0.2) is 87.4 Å². The molecule has 0 aliphatic carbocycles. The normalized spacial score (nSPS) is 26.4. The lowest BCUT2D eigenvalue weighted by atomic mass is 9.70. The zero-order chi connectivity index (χ0) is 34.7. The highest BCUT2D eigenvalue weighted by atomic mass is 79.9. The van der Waals surface area contributed by atoms with Crippen molar-refractivity contribution in [3.8, 4) is 0 Å². The van der Waals surface area contributed by atoms with Crippen molar-refractivity contribution in [3.63, 3.8) is 0 Å². The molecule has 5 rings (SSSR count). The lowest BCUT2D eigenvalue weighted by Crippen LogP contribution is -2.58. The average molecular weight is 738 g/mol. The van der Waals surface area contributed by atoms with Gasteiger partial charge in [0.15, 0.2) is 0 Å². The van der Waals surface area contributed by atoms with Crippen LogP contribution in [0.25, 0.3) is 0 Å². The van der Waals surface area contributed by atoms with Crippen LogP contribution in [0.2, 0.25) is 0 Å². The molecule has 3 heterocycles. The molecule has 1 N–H and O–H groups in total. The molecule has 3 fully saturated rings. The third-order valence-electron chi connectivity index (χ3n) is 10.1. The first-order chi connectivity index (χ1) is 23.1. The van der Waals surface area contributed by atoms with Crippen LogP contribution in [0.15, 0.2) is 79.9 Å². The van der Waals surface area contributed by atoms with Crippen molar-refractivity contribution in [2.75, 3.05) is 47.5 Å². The van der Waals surface area contributed by atoms with E-state index in [0.717, 1.165) is 24.5 Å². The standard InChI is InChI=1S/C38H49BrN4O4S/c1-7-20-41(27-14-12-11-13-15-27)35(45)31-32-36(46)43(29(24-44)22-25(5)6)34(38(32)23-30(39)33(31)48-38)37(47)42(21-8-2)28-18-16-26(17-19-28)40(9-3)10-4/h7-8,11-19,25,29-34,44H,1-2,9-10,20-24H2,3-6H3/t29-,30?,31-,32+,33-,34?,38?/m1/s1. The fourth-order valence-electron chi connectivity index (χ4n) is 8.11. The summed E-state index contributed by atoms with van der Waals surface area (Å²) in [6.07, 6.45) is 4.50. The number of hydrogen-bond donors (Lipinski definition) is 1. The van der Waals surface area contributed by atoms with E-state index in [-0.39, 0.29) is 46.9 Å². The minimum Gasteiger partial charge on any atom is -0.394 e. The van der Waals surface area contributed by atoms with Crippen molar-refractivity contribution in [2.24, 2.45) is 17.8 Å². The van der Waals surface area contributed by atoms with E-state index < -0.39 is 28.7 Å². The molecule has 3 amide bonds. The van der Waals surface area contributed by atoms with E-state index in [9.17, 15) is 14.7 Å². The number of aliphatic hydroxyl groups excluding tert-OH is 1. The molecule has 8 nitrogen and oxygen atoms in total. The quantitative estimate of drug-likeness (QED) is 0.175. The van der Waals surface area contributed by atoms with E-state index in [1.165, 1.54) is 0 Å². The molecule has 0 aromatic heterocycles. The third-order valence-corrected chi connectivity index (χ3v) is 13.3. The van der Waals surface area contributed by atoms with E-state index in [1.54, 1.807) is 38.6 Å². The zero-order valence-corrected chi connectivity index (χ0v) is 30.9. The second-order valence-electron chi connectivity index (χ2n) is 13.4. The SMILES string of the molecule is C=CCN(C(=O)C1N([C@@H](CO)CC(C)C)C(=O)[C@@H]2[C@@H](C(=O)N(CC=C)c3ccccc3)[C@@H]3SC12CC3Br)c1ccc(N(CC)CC)cc1. The zero-order valence-electron chi connectivity index (χ0n) is 28.5. The van der Waals surface area contributed by atoms with Crippen molar-refractivity contribution >= 4 is 62.5 Å². The number of para-hydroxylation sites is 1. The van der Waals surface area contributed by atoms with Crippen molar-refractivity contribution in [1.82, 2.24) is 4.90 Å². The maximum absolute atomic E-state index is 15.2. The minimum absolute atomic E-state index is 0.0732. The van der Waals surface area contributed by atoms with Crippen molar-refractivity contribution in [2.45, 2.75) is 67.4 Å². The van der Waals surface area contributed by atoms with Crippen LogP contribution in [0.3, 0.4) is 0 Å². The lowest BCUT2D eigenvalue weighted by Gasteiger charge is -2.40. The summed E-state index contributed by atoms with van der Waals surface area (Å²) in [6.45, 7) is 18.2. The Labute approximate surface area is 298 Å². The number of nitrogens with zero attached hydrogens (tertiary/aromatic N) is 4. The van der Waals surface area contributed by atoms with Crippen LogP contribution in [-0.2, 0) is 14.4 Å². The number of amides is 3. The number of hydrogen-bond acceptors (Lipinski definition) is 6. The molecular weight excluding hydrogens is 688 g/mol. The van der Waals surface area contributed by atoms with E-state index in [0.29, 0.717) is 25.1 Å². The van der Waals surface area contributed by atoms with Crippen LogP contribution in [0.4, 0.5) is 17.1 Å². The van der Waals surface area contributed by atoms with Gasteiger partial charge in [0, 0.05) is 53.3 Å². The molecule has 2 aromatic rings. The Morgan fingerprint density at radius 2 is 1.54 bits per heavy atom. The smallest absolute Gasteiger partial charge is 0.251 e. The van der Waals surface area contributed by atoms with Gasteiger partial charge in [-0.2, -0.15) is 0 Å². The topological polar surface area (TPSA) is 84.4 Å². The Morgan fingerprint density at radius 1 is 0.979 bits per heavy atom. The monoisotopic (exact) mass is 736 g/mol. The van der Waals surface area contributed by atoms with Crippen molar-refractivity contribution in [3.05, 3.63) is 79.9 Å². The fourth-order valence-corrected chi connectivity index (χ4v) is 11.7. The van der Waals surface area contributed by atoms with E-state index in [1.807, 2.05) is 54.6 Å². The highest BCUT2D eigenvalue weighted by Crippen LogP contribution is 2.68. The molecule has 10 heteroatoms. The fraction of sp³-hybridized carbons (Fsp3) is 0.500. The molecule has 3 aliphatic heterocycles. The number of benzene rings is 2. The number of anilines is 3. The summed E-state index contributed by atoms with van der Waals surface area (Å²) in [7, 11) is 0. The van der Waals surface area contributed by atoms with Gasteiger partial charge in [-0.1, -0.05) is 60.1 Å². The Morgan fingerprint density at radius 3 is 2.08 bits per heavy atom. The summed E-state index contributed by atoms with van der Waals surface area (Å²) in [5, 5.41) is 10.6. The van der Waals surface area contributed by atoms with Crippen LogP contribution in [0, 0.1) is 17.8 Å². The van der Waals surface area contributed by atoms with Gasteiger partial charge < -0.3 is 24.7 Å². The molecule has 48 heavy (non-hydrogen) atoms. The van der Waals surface area contributed by atoms with Gasteiger partial charge in [0.2, 0.25) is 11.8 Å². The highest BCUT2D eigenvalue weighted by Gasteiger charge is 2.76.